The van der Waals surface area contributed by atoms with Gasteiger partial charge in [0.05, 0.1) is 6.10 Å². The monoisotopic (exact) mass is 187 g/mol. The Labute approximate surface area is 80.7 Å². The van der Waals surface area contributed by atoms with Crippen LogP contribution in [0.3, 0.4) is 0 Å². The van der Waals surface area contributed by atoms with E-state index in [0.29, 0.717) is 12.8 Å². The summed E-state index contributed by atoms with van der Waals surface area (Å²) in [5.41, 5.74) is 0. The Morgan fingerprint density at radius 1 is 1.46 bits per heavy atom. The maximum atomic E-state index is 11.5. The molecule has 0 rings (SSSR count). The van der Waals surface area contributed by atoms with Crippen LogP contribution in [0.15, 0.2) is 0 Å². The number of carbonyl (C=O) groups is 1. The highest BCUT2D eigenvalue weighted by molar-refractivity contribution is 5.76. The first-order chi connectivity index (χ1) is 6.11. The van der Waals surface area contributed by atoms with Crippen molar-refractivity contribution in [1.82, 2.24) is 4.90 Å². The van der Waals surface area contributed by atoms with Crippen molar-refractivity contribution in [2.24, 2.45) is 0 Å². The number of hydrogen-bond acceptors (Lipinski definition) is 2. The van der Waals surface area contributed by atoms with Crippen molar-refractivity contribution in [3.05, 3.63) is 0 Å². The number of carbonyl (C=O) groups excluding carboxylic acids is 1. The molecule has 1 N–H and O–H groups in total. The molecule has 0 radical (unpaired) electrons. The summed E-state index contributed by atoms with van der Waals surface area (Å²) < 4.78 is 0. The van der Waals surface area contributed by atoms with E-state index in [4.69, 9.17) is 5.11 Å². The second-order valence-electron chi connectivity index (χ2n) is 3.36. The maximum Gasteiger partial charge on any atom is 0.222 e. The molecule has 1 amide bonds. The van der Waals surface area contributed by atoms with E-state index in [-0.39, 0.29) is 12.0 Å². The van der Waals surface area contributed by atoms with Crippen LogP contribution in [0.2, 0.25) is 0 Å². The van der Waals surface area contributed by atoms with Gasteiger partial charge in [0.2, 0.25) is 5.91 Å². The Hall–Kier alpha value is -0.570. The molecule has 0 saturated heterocycles. The van der Waals surface area contributed by atoms with E-state index >= 15 is 0 Å². The smallest absolute Gasteiger partial charge is 0.222 e. The SMILES string of the molecule is CCCN(CC)C(=O)CCC(C)O. The van der Waals surface area contributed by atoms with E-state index < -0.39 is 0 Å². The Morgan fingerprint density at radius 3 is 2.46 bits per heavy atom. The lowest BCUT2D eigenvalue weighted by Crippen LogP contribution is -2.31. The summed E-state index contributed by atoms with van der Waals surface area (Å²) in [5, 5.41) is 9.01. The van der Waals surface area contributed by atoms with Crippen LogP contribution >= 0.6 is 0 Å². The van der Waals surface area contributed by atoms with Crippen LogP contribution in [0.25, 0.3) is 0 Å². The number of hydrogen-bond donors (Lipinski definition) is 1. The molecule has 0 aliphatic heterocycles. The van der Waals surface area contributed by atoms with Crippen LogP contribution in [0.1, 0.15) is 40.0 Å². The number of aliphatic hydroxyl groups is 1. The third-order valence-electron chi connectivity index (χ3n) is 2.00. The number of nitrogens with zero attached hydrogens (tertiary/aromatic N) is 1. The molecule has 0 fully saturated rings. The Balaban J connectivity index is 3.77. The summed E-state index contributed by atoms with van der Waals surface area (Å²) in [6, 6.07) is 0. The summed E-state index contributed by atoms with van der Waals surface area (Å²) in [7, 11) is 0. The Bertz CT molecular complexity index is 146. The lowest BCUT2D eigenvalue weighted by molar-refractivity contribution is -0.131. The van der Waals surface area contributed by atoms with Crippen molar-refractivity contribution < 1.29 is 9.90 Å². The van der Waals surface area contributed by atoms with Gasteiger partial charge in [0.1, 0.15) is 0 Å². The molecule has 0 spiro atoms. The van der Waals surface area contributed by atoms with Gasteiger partial charge in [0.25, 0.3) is 0 Å². The van der Waals surface area contributed by atoms with Gasteiger partial charge < -0.3 is 10.0 Å². The molecule has 0 aromatic carbocycles. The topological polar surface area (TPSA) is 40.5 Å². The molecular weight excluding hydrogens is 166 g/mol. The van der Waals surface area contributed by atoms with Gasteiger partial charge in [-0.3, -0.25) is 4.79 Å². The molecule has 1 atom stereocenters. The van der Waals surface area contributed by atoms with Gasteiger partial charge in [0.15, 0.2) is 0 Å². The molecule has 78 valence electrons. The predicted molar refractivity (Wildman–Crippen MR) is 53.5 cm³/mol. The normalized spacial score (nSPS) is 12.6. The molecular formula is C10H21NO2. The van der Waals surface area contributed by atoms with E-state index in [2.05, 4.69) is 6.92 Å². The Kier molecular flexibility index (Phi) is 6.59. The van der Waals surface area contributed by atoms with E-state index in [0.717, 1.165) is 19.5 Å². The zero-order valence-electron chi connectivity index (χ0n) is 8.92. The standard InChI is InChI=1S/C10H21NO2/c1-4-8-11(5-2)10(13)7-6-9(3)12/h9,12H,4-8H2,1-3H3. The fourth-order valence-corrected chi connectivity index (χ4v) is 1.22. The van der Waals surface area contributed by atoms with Crippen LogP contribution in [0.4, 0.5) is 0 Å². The van der Waals surface area contributed by atoms with Crippen LogP contribution in [-0.4, -0.2) is 35.1 Å². The summed E-state index contributed by atoms with van der Waals surface area (Å²) in [6.07, 6.45) is 1.66. The zero-order valence-corrected chi connectivity index (χ0v) is 8.92. The number of rotatable bonds is 6. The van der Waals surface area contributed by atoms with E-state index in [1.165, 1.54) is 0 Å². The van der Waals surface area contributed by atoms with Crippen molar-refractivity contribution in [2.45, 2.75) is 46.1 Å². The molecule has 1 unspecified atom stereocenters. The minimum atomic E-state index is -0.371. The van der Waals surface area contributed by atoms with Gasteiger partial charge in [-0.1, -0.05) is 6.92 Å². The van der Waals surface area contributed by atoms with Crippen molar-refractivity contribution >= 4 is 5.91 Å². The summed E-state index contributed by atoms with van der Waals surface area (Å²) in [5.74, 6) is 0.158. The molecule has 0 heterocycles. The molecule has 0 aromatic rings. The predicted octanol–water partition coefficient (Wildman–Crippen LogP) is 1.41. The van der Waals surface area contributed by atoms with Crippen LogP contribution < -0.4 is 0 Å². The fourth-order valence-electron chi connectivity index (χ4n) is 1.22. The lowest BCUT2D eigenvalue weighted by atomic mass is 10.2. The van der Waals surface area contributed by atoms with E-state index in [9.17, 15) is 4.79 Å². The van der Waals surface area contributed by atoms with Crippen molar-refractivity contribution in [3.63, 3.8) is 0 Å². The third kappa shape index (κ3) is 5.64. The fraction of sp³-hybridized carbons (Fsp3) is 0.900. The quantitative estimate of drug-likeness (QED) is 0.683. The molecule has 0 aliphatic carbocycles. The first kappa shape index (κ1) is 12.4. The highest BCUT2D eigenvalue weighted by Crippen LogP contribution is 2.01. The summed E-state index contributed by atoms with van der Waals surface area (Å²) in [4.78, 5) is 13.3. The molecule has 0 aliphatic rings. The van der Waals surface area contributed by atoms with Crippen molar-refractivity contribution in [2.75, 3.05) is 13.1 Å². The minimum Gasteiger partial charge on any atom is -0.393 e. The van der Waals surface area contributed by atoms with Crippen LogP contribution in [0, 0.1) is 0 Å². The molecule has 13 heavy (non-hydrogen) atoms. The van der Waals surface area contributed by atoms with Crippen molar-refractivity contribution in [3.8, 4) is 0 Å². The molecule has 3 heteroatoms. The number of amides is 1. The van der Waals surface area contributed by atoms with Gasteiger partial charge in [-0.2, -0.15) is 0 Å². The second kappa shape index (κ2) is 6.89. The molecule has 3 nitrogen and oxygen atoms in total. The van der Waals surface area contributed by atoms with Crippen LogP contribution in [0.5, 0.6) is 0 Å². The first-order valence-corrected chi connectivity index (χ1v) is 5.07. The van der Waals surface area contributed by atoms with Gasteiger partial charge in [-0.25, -0.2) is 0 Å². The van der Waals surface area contributed by atoms with Gasteiger partial charge in [0, 0.05) is 19.5 Å². The van der Waals surface area contributed by atoms with Gasteiger partial charge >= 0.3 is 0 Å². The molecule has 0 aromatic heterocycles. The van der Waals surface area contributed by atoms with E-state index in [1.54, 1.807) is 6.92 Å². The first-order valence-electron chi connectivity index (χ1n) is 5.07. The zero-order chi connectivity index (χ0) is 10.3. The highest BCUT2D eigenvalue weighted by atomic mass is 16.3. The van der Waals surface area contributed by atoms with Gasteiger partial charge in [-0.15, -0.1) is 0 Å². The average molecular weight is 187 g/mol. The summed E-state index contributed by atoms with van der Waals surface area (Å²) >= 11 is 0. The average Bonchev–Trinajstić information content (AvgIpc) is 2.10. The third-order valence-corrected chi connectivity index (χ3v) is 2.00. The van der Waals surface area contributed by atoms with Crippen LogP contribution in [-0.2, 0) is 4.79 Å². The largest absolute Gasteiger partial charge is 0.393 e. The number of aliphatic hydroxyl groups excluding tert-OH is 1. The van der Waals surface area contributed by atoms with E-state index in [1.807, 2.05) is 11.8 Å². The highest BCUT2D eigenvalue weighted by Gasteiger charge is 2.10. The molecule has 0 bridgehead atoms. The minimum absolute atomic E-state index is 0.158. The second-order valence-corrected chi connectivity index (χ2v) is 3.36. The van der Waals surface area contributed by atoms with Gasteiger partial charge in [-0.05, 0) is 26.7 Å². The molecule has 0 saturated carbocycles. The lowest BCUT2D eigenvalue weighted by Gasteiger charge is -2.20. The Morgan fingerprint density at radius 2 is 2.08 bits per heavy atom. The summed E-state index contributed by atoms with van der Waals surface area (Å²) in [6.45, 7) is 7.35. The van der Waals surface area contributed by atoms with Crippen molar-refractivity contribution in [1.29, 1.82) is 0 Å². The maximum absolute atomic E-state index is 11.5.